The van der Waals surface area contributed by atoms with E-state index in [0.717, 1.165) is 11.6 Å². The minimum atomic E-state index is -1.01. The Hall–Kier alpha value is -3.65. The maximum absolute atomic E-state index is 12.5. The number of rotatable bonds is 12. The number of allylic oxidation sites excluding steroid dienone is 1. The second-order valence-corrected chi connectivity index (χ2v) is 6.97. The van der Waals surface area contributed by atoms with E-state index in [4.69, 9.17) is 19.7 Å². The fourth-order valence-corrected chi connectivity index (χ4v) is 2.91. The number of aliphatic hydroxyl groups is 1. The number of carboxylic acid groups (broad SMARTS) is 1. The molecule has 0 aromatic heterocycles. The van der Waals surface area contributed by atoms with Crippen LogP contribution in [0.15, 0.2) is 60.7 Å². The topological polar surface area (TPSA) is 122 Å². The van der Waals surface area contributed by atoms with Crippen LogP contribution in [-0.4, -0.2) is 41.3 Å². The number of benzene rings is 2. The zero-order valence-electron chi connectivity index (χ0n) is 17.8. The lowest BCUT2D eigenvalue weighted by Crippen LogP contribution is -2.17. The number of unbranched alkanes of at least 4 members (excludes halogenated alkanes) is 1. The molecule has 2 rings (SSSR count). The van der Waals surface area contributed by atoms with Crippen molar-refractivity contribution in [3.63, 3.8) is 0 Å². The number of ketones is 1. The predicted octanol–water partition coefficient (Wildman–Crippen LogP) is 4.36. The van der Waals surface area contributed by atoms with Crippen LogP contribution in [0.1, 0.15) is 48.2 Å². The number of carbonyl (C=O) groups is 3. The Morgan fingerprint density at radius 1 is 1.06 bits per heavy atom. The van der Waals surface area contributed by atoms with E-state index < -0.39 is 18.2 Å². The maximum atomic E-state index is 12.5. The van der Waals surface area contributed by atoms with Gasteiger partial charge in [-0.2, -0.15) is 0 Å². The molecule has 0 saturated carbocycles. The third kappa shape index (κ3) is 8.61. The largest absolute Gasteiger partial charge is 0.491 e. The van der Waals surface area contributed by atoms with E-state index in [1.807, 2.05) is 0 Å². The second kappa shape index (κ2) is 12.9. The van der Waals surface area contributed by atoms with Gasteiger partial charge in [0.15, 0.2) is 5.78 Å². The highest BCUT2D eigenvalue weighted by Gasteiger charge is 2.17. The van der Waals surface area contributed by atoms with E-state index >= 15 is 0 Å². The number of aliphatic carboxylic acids is 1. The van der Waals surface area contributed by atoms with E-state index in [1.54, 1.807) is 54.6 Å². The summed E-state index contributed by atoms with van der Waals surface area (Å²) in [6, 6.07) is 13.5. The molecular weight excluding hydrogens is 414 g/mol. The number of carbonyl (C=O) groups excluding carboxylic acids is 2. The van der Waals surface area contributed by atoms with Crippen LogP contribution in [0.25, 0.3) is 0 Å². The predicted molar refractivity (Wildman–Crippen MR) is 119 cm³/mol. The first-order valence-electron chi connectivity index (χ1n) is 10.2. The highest BCUT2D eigenvalue weighted by atomic mass is 16.6. The molecule has 0 aliphatic heterocycles. The number of anilines is 1. The smallest absolute Gasteiger partial charge is 0.412 e. The van der Waals surface area contributed by atoms with E-state index in [-0.39, 0.29) is 19.0 Å². The fourth-order valence-electron chi connectivity index (χ4n) is 2.91. The monoisotopic (exact) mass is 441 g/mol. The van der Waals surface area contributed by atoms with Crippen molar-refractivity contribution < 1.29 is 34.1 Å². The second-order valence-electron chi connectivity index (χ2n) is 6.97. The van der Waals surface area contributed by atoms with Crippen LogP contribution in [0, 0.1) is 0 Å². The van der Waals surface area contributed by atoms with Crippen molar-refractivity contribution in [3.8, 4) is 5.75 Å². The Balaban J connectivity index is 2.04. The van der Waals surface area contributed by atoms with Gasteiger partial charge in [-0.1, -0.05) is 18.2 Å². The molecule has 0 bridgehead atoms. The lowest BCUT2D eigenvalue weighted by Gasteiger charge is -2.19. The number of nitrogens with one attached hydrogen (secondary N) is 1. The molecule has 8 nitrogen and oxygen atoms in total. The first-order chi connectivity index (χ1) is 15.4. The summed E-state index contributed by atoms with van der Waals surface area (Å²) in [6.45, 7) is 1.55. The van der Waals surface area contributed by atoms with Crippen LogP contribution in [0.5, 0.6) is 5.75 Å². The van der Waals surface area contributed by atoms with Crippen LogP contribution in [-0.2, 0) is 9.53 Å². The standard InChI is InChI=1S/C24H27NO7/c1-17(27)18-7-11-20(12-8-18)25-24(30)32-22(5-3-2-4-6-23(28)29)19-9-13-21(14-10-19)31-16-15-26/h4,6-14,22,26H,2-3,5,15-16H2,1H3,(H,25,30)(H,28,29)/b6-4+/t22-/m0/s1. The van der Waals surface area contributed by atoms with Crippen LogP contribution in [0.4, 0.5) is 10.5 Å². The van der Waals surface area contributed by atoms with Gasteiger partial charge >= 0.3 is 12.1 Å². The fraction of sp³-hybridized carbons (Fsp3) is 0.292. The van der Waals surface area contributed by atoms with Crippen LogP contribution in [0.2, 0.25) is 0 Å². The van der Waals surface area contributed by atoms with Gasteiger partial charge in [0.1, 0.15) is 18.5 Å². The lowest BCUT2D eigenvalue weighted by molar-refractivity contribution is -0.131. The van der Waals surface area contributed by atoms with Crippen molar-refractivity contribution >= 4 is 23.5 Å². The summed E-state index contributed by atoms with van der Waals surface area (Å²) in [4.78, 5) is 34.4. The Morgan fingerprint density at radius 2 is 1.75 bits per heavy atom. The van der Waals surface area contributed by atoms with Gasteiger partial charge in [-0.05, 0) is 68.1 Å². The first kappa shape index (κ1) is 24.6. The minimum Gasteiger partial charge on any atom is -0.491 e. The Bertz CT molecular complexity index is 920. The van der Waals surface area contributed by atoms with Crippen LogP contribution >= 0.6 is 0 Å². The average Bonchev–Trinajstić information content (AvgIpc) is 2.77. The Morgan fingerprint density at radius 3 is 2.34 bits per heavy atom. The molecule has 0 saturated heterocycles. The third-order valence-corrected chi connectivity index (χ3v) is 4.50. The average molecular weight is 441 g/mol. The van der Waals surface area contributed by atoms with Gasteiger partial charge in [0, 0.05) is 17.3 Å². The normalized spacial score (nSPS) is 11.7. The highest BCUT2D eigenvalue weighted by molar-refractivity contribution is 5.95. The highest BCUT2D eigenvalue weighted by Crippen LogP contribution is 2.26. The van der Waals surface area contributed by atoms with E-state index in [0.29, 0.717) is 36.3 Å². The molecule has 0 aliphatic carbocycles. The Kier molecular flexibility index (Phi) is 9.93. The summed E-state index contributed by atoms with van der Waals surface area (Å²) >= 11 is 0. The number of carboxylic acids is 1. The maximum Gasteiger partial charge on any atom is 0.412 e. The molecular formula is C24H27NO7. The van der Waals surface area contributed by atoms with Crippen molar-refractivity contribution in [2.75, 3.05) is 18.5 Å². The van der Waals surface area contributed by atoms with Crippen molar-refractivity contribution in [3.05, 3.63) is 71.8 Å². The summed E-state index contributed by atoms with van der Waals surface area (Å²) in [5.41, 5.74) is 1.79. The first-order valence-corrected chi connectivity index (χ1v) is 10.2. The summed E-state index contributed by atoms with van der Waals surface area (Å²) in [5, 5.41) is 20.2. The lowest BCUT2D eigenvalue weighted by atomic mass is 10.0. The molecule has 32 heavy (non-hydrogen) atoms. The van der Waals surface area contributed by atoms with Gasteiger partial charge in [0.05, 0.1) is 6.61 Å². The molecule has 0 heterocycles. The van der Waals surface area contributed by atoms with Gasteiger partial charge < -0.3 is 19.7 Å². The van der Waals surface area contributed by atoms with E-state index in [1.165, 1.54) is 6.92 Å². The van der Waals surface area contributed by atoms with Crippen molar-refractivity contribution in [1.82, 2.24) is 0 Å². The zero-order chi connectivity index (χ0) is 23.3. The van der Waals surface area contributed by atoms with Crippen LogP contribution in [0.3, 0.4) is 0 Å². The van der Waals surface area contributed by atoms with E-state index in [9.17, 15) is 14.4 Å². The van der Waals surface area contributed by atoms with Gasteiger partial charge in [-0.3, -0.25) is 10.1 Å². The molecule has 0 unspecified atom stereocenters. The van der Waals surface area contributed by atoms with Gasteiger partial charge in [0.2, 0.25) is 0 Å². The SMILES string of the molecule is CC(=O)c1ccc(NC(=O)O[C@@H](CCC/C=C/C(=O)O)c2ccc(OCCO)cc2)cc1. The molecule has 0 radical (unpaired) electrons. The molecule has 0 fully saturated rings. The van der Waals surface area contributed by atoms with Crippen molar-refractivity contribution in [1.29, 1.82) is 0 Å². The minimum absolute atomic E-state index is 0.0671. The number of hydrogen-bond donors (Lipinski definition) is 3. The number of hydrogen-bond acceptors (Lipinski definition) is 6. The van der Waals surface area contributed by atoms with Crippen molar-refractivity contribution in [2.45, 2.75) is 32.3 Å². The summed E-state index contributed by atoms with van der Waals surface area (Å²) in [7, 11) is 0. The summed E-state index contributed by atoms with van der Waals surface area (Å²) < 4.78 is 11.0. The summed E-state index contributed by atoms with van der Waals surface area (Å²) in [6.07, 6.45) is 3.05. The van der Waals surface area contributed by atoms with Gasteiger partial charge in [-0.15, -0.1) is 0 Å². The Labute approximate surface area is 186 Å². The molecule has 2 aromatic carbocycles. The summed E-state index contributed by atoms with van der Waals surface area (Å²) in [5.74, 6) is -0.491. The molecule has 0 aliphatic rings. The molecule has 2 aromatic rings. The number of amides is 1. The zero-order valence-corrected chi connectivity index (χ0v) is 17.8. The van der Waals surface area contributed by atoms with Gasteiger partial charge in [0.25, 0.3) is 0 Å². The quantitative estimate of drug-likeness (QED) is 0.254. The number of ether oxygens (including phenoxy) is 2. The molecule has 1 amide bonds. The third-order valence-electron chi connectivity index (χ3n) is 4.50. The molecule has 0 spiro atoms. The number of aliphatic hydroxyl groups excluding tert-OH is 1. The van der Waals surface area contributed by atoms with Crippen molar-refractivity contribution in [2.24, 2.45) is 0 Å². The molecule has 8 heteroatoms. The van der Waals surface area contributed by atoms with E-state index in [2.05, 4.69) is 5.32 Å². The molecule has 170 valence electrons. The molecule has 1 atom stereocenters. The number of Topliss-reactive ketones (excluding diaryl/α,β-unsaturated/α-hetero) is 1. The molecule has 3 N–H and O–H groups in total. The van der Waals surface area contributed by atoms with Gasteiger partial charge in [-0.25, -0.2) is 9.59 Å². The van der Waals surface area contributed by atoms with Crippen LogP contribution < -0.4 is 10.1 Å².